The lowest BCUT2D eigenvalue weighted by Gasteiger charge is -2.20. The molecule has 0 unspecified atom stereocenters. The van der Waals surface area contributed by atoms with Crippen molar-refractivity contribution in [2.75, 3.05) is 26.7 Å². The average molecular weight is 348 g/mol. The monoisotopic (exact) mass is 348 g/mol. The van der Waals surface area contributed by atoms with Gasteiger partial charge in [0.2, 0.25) is 0 Å². The van der Waals surface area contributed by atoms with Gasteiger partial charge >= 0.3 is 5.97 Å². The van der Waals surface area contributed by atoms with Crippen LogP contribution < -0.4 is 10.3 Å². The van der Waals surface area contributed by atoms with Crippen molar-refractivity contribution in [2.45, 2.75) is 58.1 Å². The van der Waals surface area contributed by atoms with E-state index < -0.39 is 5.97 Å². The molecule has 25 heavy (non-hydrogen) atoms. The largest absolute Gasteiger partial charge is 0.489 e. The van der Waals surface area contributed by atoms with Crippen LogP contribution in [0, 0.1) is 0 Å². The number of esters is 1. The van der Waals surface area contributed by atoms with Crippen molar-refractivity contribution in [1.82, 2.24) is 9.47 Å². The average Bonchev–Trinajstić information content (AvgIpc) is 3.02. The molecule has 0 bridgehead atoms. The van der Waals surface area contributed by atoms with Crippen molar-refractivity contribution in [2.24, 2.45) is 0 Å². The van der Waals surface area contributed by atoms with Crippen LogP contribution in [0.2, 0.25) is 0 Å². The fourth-order valence-electron chi connectivity index (χ4n) is 3.93. The maximum absolute atomic E-state index is 12.7. The Morgan fingerprint density at radius 3 is 2.68 bits per heavy atom. The minimum Gasteiger partial charge on any atom is -0.489 e. The first-order valence-corrected chi connectivity index (χ1v) is 9.38. The van der Waals surface area contributed by atoms with Gasteiger partial charge in [0.15, 0.2) is 0 Å². The molecule has 1 aliphatic heterocycles. The SMILES string of the molecule is CCCN1CCc2c(C(=O)OC)c(OC3CCCC3)cc(=O)n2CC1. The van der Waals surface area contributed by atoms with Gasteiger partial charge in [-0.05, 0) is 38.6 Å². The lowest BCUT2D eigenvalue weighted by atomic mass is 10.1. The number of methoxy groups -OCH3 is 1. The molecule has 1 saturated carbocycles. The van der Waals surface area contributed by atoms with E-state index in [-0.39, 0.29) is 11.7 Å². The molecule has 2 aliphatic rings. The van der Waals surface area contributed by atoms with Gasteiger partial charge in [-0.2, -0.15) is 0 Å². The summed E-state index contributed by atoms with van der Waals surface area (Å²) < 4.78 is 12.8. The van der Waals surface area contributed by atoms with Crippen LogP contribution in [0.25, 0.3) is 0 Å². The van der Waals surface area contributed by atoms with Gasteiger partial charge in [0.1, 0.15) is 11.3 Å². The van der Waals surface area contributed by atoms with Gasteiger partial charge in [0.05, 0.1) is 13.2 Å². The van der Waals surface area contributed by atoms with Crippen molar-refractivity contribution in [1.29, 1.82) is 0 Å². The Bertz CT molecular complexity index is 677. The van der Waals surface area contributed by atoms with Crippen molar-refractivity contribution in [3.8, 4) is 5.75 Å². The Balaban J connectivity index is 1.99. The highest BCUT2D eigenvalue weighted by atomic mass is 16.5. The number of nitrogens with zero attached hydrogens (tertiary/aromatic N) is 2. The van der Waals surface area contributed by atoms with Gasteiger partial charge < -0.3 is 18.9 Å². The summed E-state index contributed by atoms with van der Waals surface area (Å²) in [7, 11) is 1.38. The van der Waals surface area contributed by atoms with Crippen LogP contribution in [0.5, 0.6) is 5.75 Å². The highest BCUT2D eigenvalue weighted by molar-refractivity contribution is 5.93. The van der Waals surface area contributed by atoms with Crippen molar-refractivity contribution in [3.63, 3.8) is 0 Å². The maximum Gasteiger partial charge on any atom is 0.343 e. The van der Waals surface area contributed by atoms with E-state index in [2.05, 4.69) is 11.8 Å². The molecule has 138 valence electrons. The summed E-state index contributed by atoms with van der Waals surface area (Å²) in [4.78, 5) is 27.5. The Kier molecular flexibility index (Phi) is 5.78. The summed E-state index contributed by atoms with van der Waals surface area (Å²) in [5.74, 6) is -0.0142. The Morgan fingerprint density at radius 2 is 2.00 bits per heavy atom. The highest BCUT2D eigenvalue weighted by Crippen LogP contribution is 2.29. The van der Waals surface area contributed by atoms with E-state index in [1.165, 1.54) is 13.2 Å². The van der Waals surface area contributed by atoms with Gasteiger partial charge in [-0.3, -0.25) is 4.79 Å². The fourth-order valence-corrected chi connectivity index (χ4v) is 3.93. The smallest absolute Gasteiger partial charge is 0.343 e. The number of rotatable bonds is 5. The van der Waals surface area contributed by atoms with Crippen LogP contribution >= 0.6 is 0 Å². The molecule has 3 rings (SSSR count). The number of aromatic nitrogens is 1. The van der Waals surface area contributed by atoms with E-state index in [0.29, 0.717) is 24.3 Å². The van der Waals surface area contributed by atoms with E-state index in [1.54, 1.807) is 4.57 Å². The van der Waals surface area contributed by atoms with Crippen molar-refractivity contribution >= 4 is 5.97 Å². The van der Waals surface area contributed by atoms with E-state index in [9.17, 15) is 9.59 Å². The molecule has 1 aliphatic carbocycles. The summed E-state index contributed by atoms with van der Waals surface area (Å²) in [6, 6.07) is 1.48. The summed E-state index contributed by atoms with van der Waals surface area (Å²) in [5, 5.41) is 0. The van der Waals surface area contributed by atoms with Crippen LogP contribution in [0.3, 0.4) is 0 Å². The molecule has 1 aromatic rings. The van der Waals surface area contributed by atoms with Gasteiger partial charge in [0, 0.05) is 37.8 Å². The molecule has 0 atom stereocenters. The van der Waals surface area contributed by atoms with E-state index in [4.69, 9.17) is 9.47 Å². The summed E-state index contributed by atoms with van der Waals surface area (Å²) >= 11 is 0. The molecule has 0 spiro atoms. The van der Waals surface area contributed by atoms with Gasteiger partial charge in [-0.15, -0.1) is 0 Å². The van der Waals surface area contributed by atoms with Crippen LogP contribution in [-0.2, 0) is 17.7 Å². The zero-order valence-electron chi connectivity index (χ0n) is 15.3. The molecule has 0 aromatic carbocycles. The number of ether oxygens (including phenoxy) is 2. The standard InChI is InChI=1S/C19H28N2O4/c1-3-9-20-10-8-15-18(19(23)24-2)16(25-14-6-4-5-7-14)13-17(22)21(15)12-11-20/h13-14H,3-12H2,1-2H3. The second-order valence-electron chi connectivity index (χ2n) is 6.93. The third kappa shape index (κ3) is 3.89. The predicted molar refractivity (Wildman–Crippen MR) is 95.4 cm³/mol. The molecular formula is C19H28N2O4. The number of fused-ring (bicyclic) bond motifs is 1. The van der Waals surface area contributed by atoms with Gasteiger partial charge in [-0.25, -0.2) is 4.79 Å². The first-order valence-electron chi connectivity index (χ1n) is 9.38. The third-order valence-electron chi connectivity index (χ3n) is 5.21. The summed E-state index contributed by atoms with van der Waals surface area (Å²) in [6.07, 6.45) is 6.04. The topological polar surface area (TPSA) is 60.8 Å². The van der Waals surface area contributed by atoms with Crippen LogP contribution in [-0.4, -0.2) is 48.3 Å². The zero-order chi connectivity index (χ0) is 17.8. The van der Waals surface area contributed by atoms with Crippen LogP contribution in [0.4, 0.5) is 0 Å². The minimum atomic E-state index is -0.416. The molecule has 0 radical (unpaired) electrons. The third-order valence-corrected chi connectivity index (χ3v) is 5.21. The van der Waals surface area contributed by atoms with E-state index in [0.717, 1.165) is 57.4 Å². The van der Waals surface area contributed by atoms with Crippen molar-refractivity contribution in [3.05, 3.63) is 27.7 Å². The maximum atomic E-state index is 12.7. The molecule has 6 heteroatoms. The lowest BCUT2D eigenvalue weighted by molar-refractivity contribution is 0.0590. The van der Waals surface area contributed by atoms with Gasteiger partial charge in [0.25, 0.3) is 5.56 Å². The fraction of sp³-hybridized carbons (Fsp3) is 0.684. The molecule has 2 heterocycles. The number of hydrogen-bond donors (Lipinski definition) is 0. The number of pyridine rings is 1. The first-order chi connectivity index (χ1) is 12.1. The second-order valence-corrected chi connectivity index (χ2v) is 6.93. The Labute approximate surface area is 148 Å². The molecule has 1 fully saturated rings. The predicted octanol–water partition coefficient (Wildman–Crippen LogP) is 2.22. The van der Waals surface area contributed by atoms with Crippen molar-refractivity contribution < 1.29 is 14.3 Å². The number of carbonyl (C=O) groups is 1. The molecule has 0 saturated heterocycles. The summed E-state index contributed by atoms with van der Waals surface area (Å²) in [6.45, 7) is 5.41. The lowest BCUT2D eigenvalue weighted by Crippen LogP contribution is -2.30. The second kappa shape index (κ2) is 8.04. The summed E-state index contributed by atoms with van der Waals surface area (Å²) in [5.41, 5.74) is 1.10. The molecule has 0 amide bonds. The number of hydrogen-bond acceptors (Lipinski definition) is 5. The van der Waals surface area contributed by atoms with E-state index in [1.807, 2.05) is 0 Å². The molecule has 1 aromatic heterocycles. The first kappa shape index (κ1) is 18.0. The molecule has 6 nitrogen and oxygen atoms in total. The quantitative estimate of drug-likeness (QED) is 0.764. The Hall–Kier alpha value is -1.82. The Morgan fingerprint density at radius 1 is 1.24 bits per heavy atom. The normalized spacial score (nSPS) is 18.6. The molecular weight excluding hydrogens is 320 g/mol. The van der Waals surface area contributed by atoms with E-state index >= 15 is 0 Å². The highest BCUT2D eigenvalue weighted by Gasteiger charge is 2.28. The molecule has 0 N–H and O–H groups in total. The zero-order valence-corrected chi connectivity index (χ0v) is 15.3. The van der Waals surface area contributed by atoms with Crippen LogP contribution in [0.15, 0.2) is 10.9 Å². The minimum absolute atomic E-state index is 0.0889. The number of carbonyl (C=O) groups excluding carboxylic acids is 1. The van der Waals surface area contributed by atoms with Gasteiger partial charge in [-0.1, -0.05) is 6.92 Å². The van der Waals surface area contributed by atoms with Crippen LogP contribution in [0.1, 0.15) is 55.1 Å².